The SMILES string of the molecule is CC(C)(C)[Si](C)(C)Oc1ccc(C=CCCN)c(O[Si](C)(C)C(C)(C)C)c1. The molecule has 154 valence electrons. The van der Waals surface area contributed by atoms with Crippen molar-refractivity contribution >= 4 is 22.7 Å². The molecule has 0 atom stereocenters. The van der Waals surface area contributed by atoms with Gasteiger partial charge in [-0.15, -0.1) is 0 Å². The highest BCUT2D eigenvalue weighted by atomic mass is 28.4. The summed E-state index contributed by atoms with van der Waals surface area (Å²) in [5.41, 5.74) is 6.73. The predicted octanol–water partition coefficient (Wildman–Crippen LogP) is 6.82. The maximum absolute atomic E-state index is 6.66. The minimum atomic E-state index is -1.95. The van der Waals surface area contributed by atoms with Crippen molar-refractivity contribution in [1.29, 1.82) is 0 Å². The zero-order valence-electron chi connectivity index (χ0n) is 19.2. The Balaban J connectivity index is 3.29. The molecule has 0 heterocycles. The lowest BCUT2D eigenvalue weighted by molar-refractivity contribution is 0.474. The highest BCUT2D eigenvalue weighted by Gasteiger charge is 2.40. The van der Waals surface area contributed by atoms with Gasteiger partial charge in [0.05, 0.1) is 0 Å². The molecule has 0 radical (unpaired) electrons. The first-order valence-electron chi connectivity index (χ1n) is 9.99. The largest absolute Gasteiger partial charge is 0.543 e. The summed E-state index contributed by atoms with van der Waals surface area (Å²) in [4.78, 5) is 0. The first-order valence-corrected chi connectivity index (χ1v) is 15.8. The van der Waals surface area contributed by atoms with Crippen LogP contribution in [0.25, 0.3) is 6.08 Å². The summed E-state index contributed by atoms with van der Waals surface area (Å²) in [5, 5.41) is 0.300. The zero-order valence-corrected chi connectivity index (χ0v) is 21.2. The molecule has 0 aliphatic rings. The molecule has 0 saturated heterocycles. The Hall–Kier alpha value is -1.05. The van der Waals surface area contributed by atoms with Crippen molar-refractivity contribution in [2.45, 2.75) is 84.2 Å². The molecule has 3 nitrogen and oxygen atoms in total. The molecule has 0 unspecified atom stereocenters. The van der Waals surface area contributed by atoms with E-state index in [0.717, 1.165) is 23.5 Å². The highest BCUT2D eigenvalue weighted by Crippen LogP contribution is 2.41. The molecule has 5 heteroatoms. The molecular formula is C22H41NO2Si2. The molecule has 0 amide bonds. The second kappa shape index (κ2) is 8.54. The van der Waals surface area contributed by atoms with Crippen LogP contribution in [-0.2, 0) is 0 Å². The van der Waals surface area contributed by atoms with Gasteiger partial charge in [0, 0.05) is 11.6 Å². The smallest absolute Gasteiger partial charge is 0.250 e. The molecular weight excluding hydrogens is 366 g/mol. The van der Waals surface area contributed by atoms with Gasteiger partial charge >= 0.3 is 0 Å². The fourth-order valence-electron chi connectivity index (χ4n) is 1.99. The topological polar surface area (TPSA) is 44.5 Å². The Morgan fingerprint density at radius 1 is 0.889 bits per heavy atom. The first kappa shape index (κ1) is 24.0. The minimum Gasteiger partial charge on any atom is -0.543 e. The number of nitrogens with two attached hydrogens (primary N) is 1. The van der Waals surface area contributed by atoms with Gasteiger partial charge in [0.25, 0.3) is 8.32 Å². The lowest BCUT2D eigenvalue weighted by Crippen LogP contribution is -2.44. The molecule has 0 fully saturated rings. The van der Waals surface area contributed by atoms with Crippen molar-refractivity contribution in [3.63, 3.8) is 0 Å². The summed E-state index contributed by atoms with van der Waals surface area (Å²) in [6.45, 7) is 23.3. The molecule has 27 heavy (non-hydrogen) atoms. The van der Waals surface area contributed by atoms with Crippen molar-refractivity contribution < 1.29 is 8.85 Å². The monoisotopic (exact) mass is 407 g/mol. The fourth-order valence-corrected chi connectivity index (χ4v) is 4.04. The maximum Gasteiger partial charge on any atom is 0.250 e. The van der Waals surface area contributed by atoms with Crippen LogP contribution in [0.1, 0.15) is 53.5 Å². The molecule has 2 N–H and O–H groups in total. The van der Waals surface area contributed by atoms with E-state index < -0.39 is 16.6 Å². The summed E-state index contributed by atoms with van der Waals surface area (Å²) in [6, 6.07) is 6.27. The maximum atomic E-state index is 6.66. The number of hydrogen-bond donors (Lipinski definition) is 1. The van der Waals surface area contributed by atoms with Crippen LogP contribution in [0.5, 0.6) is 11.5 Å². The van der Waals surface area contributed by atoms with E-state index in [2.05, 4.69) is 98.1 Å². The van der Waals surface area contributed by atoms with Gasteiger partial charge in [0.1, 0.15) is 11.5 Å². The lowest BCUT2D eigenvalue weighted by atomic mass is 10.1. The third-order valence-corrected chi connectivity index (χ3v) is 14.7. The minimum absolute atomic E-state index is 0.140. The van der Waals surface area contributed by atoms with Crippen LogP contribution >= 0.6 is 0 Å². The van der Waals surface area contributed by atoms with Gasteiger partial charge in [-0.3, -0.25) is 0 Å². The average molecular weight is 408 g/mol. The predicted molar refractivity (Wildman–Crippen MR) is 125 cm³/mol. The van der Waals surface area contributed by atoms with E-state index in [0.29, 0.717) is 6.54 Å². The highest BCUT2D eigenvalue weighted by molar-refractivity contribution is 6.75. The van der Waals surface area contributed by atoms with Crippen LogP contribution in [0.3, 0.4) is 0 Å². The standard InChI is InChI=1S/C22H41NO2Si2/c1-21(2,3)26(7,8)24-19-15-14-18(13-11-12-16-23)20(17-19)25-27(9,10)22(4,5)6/h11,13-15,17H,12,16,23H2,1-10H3. The van der Waals surface area contributed by atoms with Gasteiger partial charge in [-0.1, -0.05) is 53.7 Å². The van der Waals surface area contributed by atoms with Crippen LogP contribution in [0.4, 0.5) is 0 Å². The van der Waals surface area contributed by atoms with Gasteiger partial charge in [-0.25, -0.2) is 0 Å². The molecule has 0 aliphatic heterocycles. The van der Waals surface area contributed by atoms with Crippen molar-refractivity contribution in [3.8, 4) is 11.5 Å². The third-order valence-electron chi connectivity index (χ3n) is 5.97. The normalized spacial score (nSPS) is 13.9. The van der Waals surface area contributed by atoms with Crippen LogP contribution in [0.15, 0.2) is 24.3 Å². The Morgan fingerprint density at radius 3 is 1.89 bits per heavy atom. The Bertz CT molecular complexity index is 653. The van der Waals surface area contributed by atoms with E-state index >= 15 is 0 Å². The van der Waals surface area contributed by atoms with Crippen molar-refractivity contribution in [2.24, 2.45) is 5.73 Å². The second-order valence-electron chi connectivity index (χ2n) is 10.4. The van der Waals surface area contributed by atoms with Crippen molar-refractivity contribution in [3.05, 3.63) is 29.8 Å². The third kappa shape index (κ3) is 6.51. The van der Waals surface area contributed by atoms with Crippen LogP contribution < -0.4 is 14.6 Å². The van der Waals surface area contributed by atoms with E-state index in [4.69, 9.17) is 14.6 Å². The summed E-state index contributed by atoms with van der Waals surface area (Å²) < 4.78 is 13.2. The molecule has 0 aromatic heterocycles. The summed E-state index contributed by atoms with van der Waals surface area (Å²) in [7, 11) is -3.84. The molecule has 0 saturated carbocycles. The molecule has 1 aromatic carbocycles. The Kier molecular flexibility index (Phi) is 7.59. The molecule has 1 aromatic rings. The quantitative estimate of drug-likeness (QED) is 0.504. The van der Waals surface area contributed by atoms with E-state index in [1.807, 2.05) is 0 Å². The van der Waals surface area contributed by atoms with Crippen LogP contribution in [-0.4, -0.2) is 23.2 Å². The van der Waals surface area contributed by atoms with Gasteiger partial charge < -0.3 is 14.6 Å². The average Bonchev–Trinajstić information content (AvgIpc) is 2.46. The van der Waals surface area contributed by atoms with Crippen molar-refractivity contribution in [2.75, 3.05) is 6.54 Å². The van der Waals surface area contributed by atoms with Crippen LogP contribution in [0.2, 0.25) is 36.3 Å². The summed E-state index contributed by atoms with van der Waals surface area (Å²) in [5.74, 6) is 1.83. The van der Waals surface area contributed by atoms with E-state index in [1.54, 1.807) is 0 Å². The fraction of sp³-hybridized carbons (Fsp3) is 0.636. The lowest BCUT2D eigenvalue weighted by Gasteiger charge is -2.38. The molecule has 0 spiro atoms. The van der Waals surface area contributed by atoms with E-state index in [9.17, 15) is 0 Å². The second-order valence-corrected chi connectivity index (χ2v) is 19.9. The summed E-state index contributed by atoms with van der Waals surface area (Å²) in [6.07, 6.45) is 5.09. The summed E-state index contributed by atoms with van der Waals surface area (Å²) >= 11 is 0. The first-order chi connectivity index (χ1) is 12.1. The number of hydrogen-bond acceptors (Lipinski definition) is 3. The van der Waals surface area contributed by atoms with Gasteiger partial charge in [0.2, 0.25) is 8.32 Å². The molecule has 0 bridgehead atoms. The van der Waals surface area contributed by atoms with Gasteiger partial charge in [0.15, 0.2) is 0 Å². The Morgan fingerprint density at radius 2 is 1.41 bits per heavy atom. The van der Waals surface area contributed by atoms with Crippen LogP contribution in [0, 0.1) is 0 Å². The van der Waals surface area contributed by atoms with Gasteiger partial charge in [-0.05, 0) is 61.4 Å². The number of benzene rings is 1. The Labute approximate surface area is 169 Å². The molecule has 1 rings (SSSR count). The molecule has 0 aliphatic carbocycles. The van der Waals surface area contributed by atoms with E-state index in [1.165, 1.54) is 0 Å². The van der Waals surface area contributed by atoms with Gasteiger partial charge in [-0.2, -0.15) is 0 Å². The van der Waals surface area contributed by atoms with Crippen molar-refractivity contribution in [1.82, 2.24) is 0 Å². The van der Waals surface area contributed by atoms with E-state index in [-0.39, 0.29) is 10.1 Å². The number of rotatable bonds is 7. The zero-order chi connectivity index (χ0) is 21.1.